The van der Waals surface area contributed by atoms with E-state index >= 15 is 0 Å². The van der Waals surface area contributed by atoms with E-state index in [1.807, 2.05) is 0 Å². The summed E-state index contributed by atoms with van der Waals surface area (Å²) in [5.41, 5.74) is 0.797. The third-order valence-corrected chi connectivity index (χ3v) is 3.47. The second kappa shape index (κ2) is 3.06. The van der Waals surface area contributed by atoms with E-state index in [4.69, 9.17) is 0 Å². The van der Waals surface area contributed by atoms with Crippen LogP contribution in [0.15, 0.2) is 21.8 Å². The minimum atomic E-state index is 0.0346. The van der Waals surface area contributed by atoms with Gasteiger partial charge in [-0.15, -0.1) is 11.8 Å². The molecule has 0 bridgehead atoms. The first-order valence-corrected chi connectivity index (χ1v) is 5.11. The molecule has 1 aromatic heterocycles. The van der Waals surface area contributed by atoms with Crippen LogP contribution in [0, 0.1) is 0 Å². The standard InChI is InChI=1S/C7H5BrN2OS/c8-4-1-9-2-5-7(4)12-3-6(11)10-5/h1-2H,3H2,(H,10,11). The lowest BCUT2D eigenvalue weighted by Gasteiger charge is -2.15. The fourth-order valence-corrected chi connectivity index (χ4v) is 2.46. The predicted molar refractivity (Wildman–Crippen MR) is 51.3 cm³/mol. The van der Waals surface area contributed by atoms with Crippen LogP contribution in [0.1, 0.15) is 0 Å². The number of fused-ring (bicyclic) bond motifs is 1. The summed E-state index contributed by atoms with van der Waals surface area (Å²) in [6, 6.07) is 0. The lowest BCUT2D eigenvalue weighted by molar-refractivity contribution is -0.113. The summed E-state index contributed by atoms with van der Waals surface area (Å²) in [6.45, 7) is 0. The molecule has 0 fully saturated rings. The molecule has 0 saturated carbocycles. The van der Waals surface area contributed by atoms with Crippen molar-refractivity contribution < 1.29 is 4.79 Å². The Morgan fingerprint density at radius 3 is 3.25 bits per heavy atom. The Labute approximate surface area is 82.1 Å². The van der Waals surface area contributed by atoms with Gasteiger partial charge in [-0.05, 0) is 15.9 Å². The van der Waals surface area contributed by atoms with Crippen molar-refractivity contribution in [1.82, 2.24) is 4.98 Å². The second-order valence-corrected chi connectivity index (χ2v) is 4.17. The molecule has 0 saturated heterocycles. The van der Waals surface area contributed by atoms with Crippen LogP contribution >= 0.6 is 27.7 Å². The molecule has 5 heteroatoms. The van der Waals surface area contributed by atoms with Crippen molar-refractivity contribution >= 4 is 39.3 Å². The number of pyridine rings is 1. The van der Waals surface area contributed by atoms with E-state index in [-0.39, 0.29) is 5.91 Å². The number of thioether (sulfide) groups is 1. The Kier molecular flexibility index (Phi) is 2.06. The minimum absolute atomic E-state index is 0.0346. The normalized spacial score (nSPS) is 15.2. The van der Waals surface area contributed by atoms with Crippen LogP contribution in [0.25, 0.3) is 0 Å². The molecule has 0 aromatic carbocycles. The molecule has 1 aliphatic heterocycles. The van der Waals surface area contributed by atoms with Crippen molar-refractivity contribution in [3.63, 3.8) is 0 Å². The molecule has 2 rings (SSSR count). The van der Waals surface area contributed by atoms with Gasteiger partial charge in [-0.2, -0.15) is 0 Å². The number of carbonyl (C=O) groups is 1. The van der Waals surface area contributed by atoms with E-state index in [1.54, 1.807) is 12.4 Å². The number of amides is 1. The maximum Gasteiger partial charge on any atom is 0.234 e. The second-order valence-electron chi connectivity index (χ2n) is 2.33. The molecule has 3 nitrogen and oxygen atoms in total. The van der Waals surface area contributed by atoms with Gasteiger partial charge >= 0.3 is 0 Å². The minimum Gasteiger partial charge on any atom is -0.323 e. The van der Waals surface area contributed by atoms with Gasteiger partial charge in [-0.25, -0.2) is 0 Å². The molecule has 1 aliphatic rings. The van der Waals surface area contributed by atoms with Crippen LogP contribution in [0.5, 0.6) is 0 Å². The van der Waals surface area contributed by atoms with Crippen molar-refractivity contribution in [3.05, 3.63) is 16.9 Å². The molecule has 1 N–H and O–H groups in total. The predicted octanol–water partition coefficient (Wildman–Crippen LogP) is 1.89. The zero-order valence-electron chi connectivity index (χ0n) is 6.00. The first-order chi connectivity index (χ1) is 5.77. The highest BCUT2D eigenvalue weighted by molar-refractivity contribution is 9.10. The zero-order chi connectivity index (χ0) is 8.55. The van der Waals surface area contributed by atoms with Crippen LogP contribution in [0.4, 0.5) is 5.69 Å². The van der Waals surface area contributed by atoms with Gasteiger partial charge in [0.05, 0.1) is 22.1 Å². The first-order valence-electron chi connectivity index (χ1n) is 3.33. The van der Waals surface area contributed by atoms with E-state index in [2.05, 4.69) is 26.2 Å². The van der Waals surface area contributed by atoms with Gasteiger partial charge in [0.15, 0.2) is 0 Å². The van der Waals surface area contributed by atoms with E-state index in [1.165, 1.54) is 11.8 Å². The van der Waals surface area contributed by atoms with E-state index in [9.17, 15) is 4.79 Å². The molecule has 12 heavy (non-hydrogen) atoms. The molecule has 0 spiro atoms. The zero-order valence-corrected chi connectivity index (χ0v) is 8.41. The van der Waals surface area contributed by atoms with E-state index in [0.717, 1.165) is 15.1 Å². The summed E-state index contributed by atoms with van der Waals surface area (Å²) in [4.78, 5) is 16.0. The fraction of sp³-hybridized carbons (Fsp3) is 0.143. The van der Waals surface area contributed by atoms with Gasteiger partial charge < -0.3 is 5.32 Å². The van der Waals surface area contributed by atoms with Crippen molar-refractivity contribution in [2.45, 2.75) is 4.90 Å². The largest absolute Gasteiger partial charge is 0.323 e. The SMILES string of the molecule is O=C1CSc2c(Br)cncc2N1. The highest BCUT2D eigenvalue weighted by Gasteiger charge is 2.17. The van der Waals surface area contributed by atoms with Crippen molar-refractivity contribution in [3.8, 4) is 0 Å². The first kappa shape index (κ1) is 8.07. The quantitative estimate of drug-likeness (QED) is 0.758. The molecule has 1 aromatic rings. The molecule has 0 radical (unpaired) electrons. The van der Waals surface area contributed by atoms with E-state index < -0.39 is 0 Å². The summed E-state index contributed by atoms with van der Waals surface area (Å²) in [5, 5.41) is 2.75. The third kappa shape index (κ3) is 1.34. The van der Waals surface area contributed by atoms with Gasteiger partial charge in [-0.1, -0.05) is 0 Å². The molecule has 0 aliphatic carbocycles. The number of anilines is 1. The number of carbonyl (C=O) groups excluding carboxylic acids is 1. The molecule has 0 unspecified atom stereocenters. The highest BCUT2D eigenvalue weighted by Crippen LogP contribution is 2.36. The number of hydrogen-bond acceptors (Lipinski definition) is 3. The monoisotopic (exact) mass is 244 g/mol. The van der Waals surface area contributed by atoms with E-state index in [0.29, 0.717) is 5.75 Å². The summed E-state index contributed by atoms with van der Waals surface area (Å²) >= 11 is 4.89. The Hall–Kier alpha value is -0.550. The summed E-state index contributed by atoms with van der Waals surface area (Å²) in [7, 11) is 0. The number of nitrogens with zero attached hydrogens (tertiary/aromatic N) is 1. The lowest BCUT2D eigenvalue weighted by atomic mass is 10.4. The van der Waals surface area contributed by atoms with Gasteiger partial charge in [0, 0.05) is 11.1 Å². The Morgan fingerprint density at radius 2 is 2.42 bits per heavy atom. The molecule has 2 heterocycles. The van der Waals surface area contributed by atoms with Crippen molar-refractivity contribution in [2.24, 2.45) is 0 Å². The third-order valence-electron chi connectivity index (χ3n) is 1.47. The molecule has 0 atom stereocenters. The highest BCUT2D eigenvalue weighted by atomic mass is 79.9. The maximum atomic E-state index is 11.0. The van der Waals surface area contributed by atoms with Crippen LogP contribution in [0.2, 0.25) is 0 Å². The smallest absolute Gasteiger partial charge is 0.234 e. The van der Waals surface area contributed by atoms with Crippen LogP contribution in [0.3, 0.4) is 0 Å². The van der Waals surface area contributed by atoms with Gasteiger partial charge in [-0.3, -0.25) is 9.78 Å². The average molecular weight is 245 g/mol. The van der Waals surface area contributed by atoms with Crippen molar-refractivity contribution in [1.29, 1.82) is 0 Å². The Bertz CT molecular complexity index is 342. The average Bonchev–Trinajstić information content (AvgIpc) is 2.04. The Balaban J connectivity index is 2.48. The van der Waals surface area contributed by atoms with Crippen LogP contribution in [-0.4, -0.2) is 16.6 Å². The number of halogens is 1. The van der Waals surface area contributed by atoms with Gasteiger partial charge in [0.2, 0.25) is 5.91 Å². The van der Waals surface area contributed by atoms with Crippen LogP contribution in [-0.2, 0) is 4.79 Å². The number of aromatic nitrogens is 1. The topological polar surface area (TPSA) is 42.0 Å². The number of rotatable bonds is 0. The molecule has 1 amide bonds. The summed E-state index contributed by atoms with van der Waals surface area (Å²) in [5.74, 6) is 0.516. The Morgan fingerprint density at radius 1 is 1.58 bits per heavy atom. The molecular formula is C7H5BrN2OS. The molecule has 62 valence electrons. The van der Waals surface area contributed by atoms with Gasteiger partial charge in [0.1, 0.15) is 0 Å². The van der Waals surface area contributed by atoms with Crippen LogP contribution < -0.4 is 5.32 Å². The van der Waals surface area contributed by atoms with Gasteiger partial charge in [0.25, 0.3) is 0 Å². The van der Waals surface area contributed by atoms with Crippen molar-refractivity contribution in [2.75, 3.05) is 11.1 Å². The number of hydrogen-bond donors (Lipinski definition) is 1. The lowest BCUT2D eigenvalue weighted by Crippen LogP contribution is -2.18. The molecular weight excluding hydrogens is 240 g/mol. The summed E-state index contributed by atoms with van der Waals surface area (Å²) in [6.07, 6.45) is 3.38. The summed E-state index contributed by atoms with van der Waals surface area (Å²) < 4.78 is 0.935. The fourth-order valence-electron chi connectivity index (χ4n) is 0.983. The number of nitrogens with one attached hydrogen (secondary N) is 1. The maximum absolute atomic E-state index is 11.0.